The second-order valence-corrected chi connectivity index (χ2v) is 7.97. The van der Waals surface area contributed by atoms with E-state index in [1.165, 1.54) is 25.7 Å². The third-order valence-electron chi connectivity index (χ3n) is 5.16. The van der Waals surface area contributed by atoms with Gasteiger partial charge in [-0.15, -0.1) is 10.2 Å². The van der Waals surface area contributed by atoms with Crippen LogP contribution in [0.25, 0.3) is 0 Å². The van der Waals surface area contributed by atoms with Gasteiger partial charge in [0.1, 0.15) is 17.3 Å². The summed E-state index contributed by atoms with van der Waals surface area (Å²) >= 11 is 5.62. The van der Waals surface area contributed by atoms with Crippen LogP contribution in [0.4, 0.5) is 5.69 Å². The number of unbranched alkanes of at least 4 members (excludes halogenated alkanes) is 4. The number of hydrogen-bond donors (Lipinski definition) is 2. The second kappa shape index (κ2) is 10.9. The summed E-state index contributed by atoms with van der Waals surface area (Å²) in [5.41, 5.74) is 1.60. The van der Waals surface area contributed by atoms with Crippen LogP contribution in [-0.2, 0) is 0 Å². The smallest absolute Gasteiger partial charge is 0.218 e. The van der Waals surface area contributed by atoms with Crippen molar-refractivity contribution in [3.8, 4) is 17.2 Å². The number of anilines is 1. The molecular weight excluding hydrogens is 426 g/mol. The highest BCUT2D eigenvalue weighted by atomic mass is 32.1. The highest BCUT2D eigenvalue weighted by Gasteiger charge is 2.28. The molecule has 0 aliphatic carbocycles. The fourth-order valence-corrected chi connectivity index (χ4v) is 3.66. The van der Waals surface area contributed by atoms with E-state index in [9.17, 15) is 0 Å². The molecule has 32 heavy (non-hydrogen) atoms. The van der Waals surface area contributed by atoms with Crippen LogP contribution in [0.15, 0.2) is 42.5 Å². The van der Waals surface area contributed by atoms with Crippen LogP contribution in [0.1, 0.15) is 56.5 Å². The first kappa shape index (κ1) is 22.0. The fourth-order valence-electron chi connectivity index (χ4n) is 3.42. The van der Waals surface area contributed by atoms with Crippen LogP contribution < -0.4 is 19.5 Å². The first-order valence-corrected chi connectivity index (χ1v) is 11.4. The zero-order valence-electron chi connectivity index (χ0n) is 18.0. The number of tetrazole rings is 1. The molecule has 0 amide bonds. The molecule has 0 fully saturated rings. The van der Waals surface area contributed by atoms with Gasteiger partial charge in [-0.25, -0.2) is 0 Å². The van der Waals surface area contributed by atoms with Gasteiger partial charge in [-0.3, -0.25) is 0 Å². The number of para-hydroxylation sites is 1. The first-order chi connectivity index (χ1) is 15.7. The third-order valence-corrected chi connectivity index (χ3v) is 5.50. The monoisotopic (exact) mass is 453 g/mol. The Balaban J connectivity index is 1.35. The Morgan fingerprint density at radius 3 is 2.78 bits per heavy atom. The lowest BCUT2D eigenvalue weighted by molar-refractivity contribution is 0.0861. The van der Waals surface area contributed by atoms with Gasteiger partial charge < -0.3 is 19.5 Å². The molecule has 9 heteroatoms. The van der Waals surface area contributed by atoms with Crippen LogP contribution >= 0.6 is 12.2 Å². The Hall–Kier alpha value is -3.20. The molecule has 4 rings (SSSR count). The highest BCUT2D eigenvalue weighted by Crippen LogP contribution is 2.41. The van der Waals surface area contributed by atoms with Crippen LogP contribution in [0.2, 0.25) is 0 Å². The van der Waals surface area contributed by atoms with Gasteiger partial charge in [0.15, 0.2) is 17.6 Å². The minimum absolute atomic E-state index is 0.306. The summed E-state index contributed by atoms with van der Waals surface area (Å²) in [7, 11) is 0. The number of rotatable bonds is 10. The minimum atomic E-state index is -0.448. The van der Waals surface area contributed by atoms with E-state index in [0.717, 1.165) is 24.3 Å². The molecule has 168 valence electrons. The number of aromatic nitrogens is 4. The van der Waals surface area contributed by atoms with E-state index in [2.05, 4.69) is 32.9 Å². The molecule has 2 heterocycles. The lowest BCUT2D eigenvalue weighted by Crippen LogP contribution is -2.24. The molecule has 0 saturated heterocycles. The zero-order chi connectivity index (χ0) is 22.2. The summed E-state index contributed by atoms with van der Waals surface area (Å²) in [4.78, 5) is 0.579. The van der Waals surface area contributed by atoms with Gasteiger partial charge in [-0.05, 0) is 42.8 Å². The van der Waals surface area contributed by atoms with Crippen LogP contribution in [-0.4, -0.2) is 38.8 Å². The summed E-state index contributed by atoms with van der Waals surface area (Å²) in [5, 5.41) is 17.3. The van der Waals surface area contributed by atoms with Crippen molar-refractivity contribution in [2.24, 2.45) is 0 Å². The number of hydrogen-bond acceptors (Lipinski definition) is 7. The number of benzene rings is 2. The van der Waals surface area contributed by atoms with E-state index < -0.39 is 6.10 Å². The van der Waals surface area contributed by atoms with Gasteiger partial charge >= 0.3 is 0 Å². The van der Waals surface area contributed by atoms with Gasteiger partial charge in [0.2, 0.25) is 5.82 Å². The van der Waals surface area contributed by atoms with E-state index >= 15 is 0 Å². The fraction of sp³-hybridized carbons (Fsp3) is 0.391. The maximum absolute atomic E-state index is 6.09. The number of ether oxygens (including phenoxy) is 3. The second-order valence-electron chi connectivity index (χ2n) is 7.56. The lowest BCUT2D eigenvalue weighted by atomic mass is 10.1. The number of aromatic amines is 1. The molecule has 1 unspecified atom stereocenters. The van der Waals surface area contributed by atoms with E-state index in [-0.39, 0.29) is 0 Å². The highest BCUT2D eigenvalue weighted by molar-refractivity contribution is 7.81. The molecule has 2 aromatic carbocycles. The maximum Gasteiger partial charge on any atom is 0.218 e. The van der Waals surface area contributed by atoms with Crippen LogP contribution in [0.5, 0.6) is 17.2 Å². The van der Waals surface area contributed by atoms with E-state index in [0.29, 0.717) is 34.6 Å². The molecule has 0 bridgehead atoms. The molecule has 1 aliphatic heterocycles. The maximum atomic E-state index is 6.09. The Kier molecular flexibility index (Phi) is 7.50. The molecular formula is C23H27N5O3S. The first-order valence-electron chi connectivity index (χ1n) is 10.9. The molecule has 0 radical (unpaired) electrons. The number of H-pyrrole nitrogens is 1. The predicted molar refractivity (Wildman–Crippen MR) is 126 cm³/mol. The Labute approximate surface area is 192 Å². The topological polar surface area (TPSA) is 94.2 Å². The number of fused-ring (bicyclic) bond motifs is 1. The Bertz CT molecular complexity index is 1010. The van der Waals surface area contributed by atoms with Crippen molar-refractivity contribution in [1.82, 2.24) is 20.6 Å². The Morgan fingerprint density at radius 2 is 2.00 bits per heavy atom. The van der Waals surface area contributed by atoms with Gasteiger partial charge in [-0.2, -0.15) is 5.21 Å². The molecule has 3 aromatic rings. The summed E-state index contributed by atoms with van der Waals surface area (Å²) in [6.07, 6.45) is 5.65. The van der Waals surface area contributed by atoms with Crippen molar-refractivity contribution < 1.29 is 14.2 Å². The predicted octanol–water partition coefficient (Wildman–Crippen LogP) is 4.85. The minimum Gasteiger partial charge on any atom is -0.494 e. The summed E-state index contributed by atoms with van der Waals surface area (Å²) in [6.45, 7) is 3.26. The summed E-state index contributed by atoms with van der Waals surface area (Å²) in [5.74, 6) is 2.50. The number of thiocarbonyl (C=S) groups is 1. The van der Waals surface area contributed by atoms with E-state index in [1.54, 1.807) is 0 Å². The van der Waals surface area contributed by atoms with Gasteiger partial charge in [0.05, 0.1) is 12.3 Å². The SMILES string of the molecule is CCCCCCCOc1ccc(C(=S)Nc2cccc3c2OC(c2nn[nH]n2)CO3)cc1. The molecule has 0 spiro atoms. The largest absolute Gasteiger partial charge is 0.494 e. The molecule has 1 aliphatic rings. The average Bonchev–Trinajstić information content (AvgIpc) is 3.37. The lowest BCUT2D eigenvalue weighted by Gasteiger charge is -2.26. The van der Waals surface area contributed by atoms with Crippen molar-refractivity contribution in [3.05, 3.63) is 53.9 Å². The number of nitrogens with zero attached hydrogens (tertiary/aromatic N) is 3. The standard InChI is InChI=1S/C23H27N5O3S/c1-2-3-4-5-6-14-29-17-12-10-16(11-13-17)23(32)24-18-8-7-9-19-21(18)31-20(15-30-19)22-25-27-28-26-22/h7-13,20H,2-6,14-15H2,1H3,(H,24,32)(H,25,26,27,28). The Morgan fingerprint density at radius 1 is 1.16 bits per heavy atom. The molecule has 1 aromatic heterocycles. The van der Waals surface area contributed by atoms with Crippen molar-refractivity contribution in [3.63, 3.8) is 0 Å². The molecule has 0 saturated carbocycles. The quantitative estimate of drug-likeness (QED) is 0.332. The van der Waals surface area contributed by atoms with Crippen molar-refractivity contribution in [1.29, 1.82) is 0 Å². The van der Waals surface area contributed by atoms with Crippen molar-refractivity contribution in [2.45, 2.75) is 45.1 Å². The zero-order valence-corrected chi connectivity index (χ0v) is 18.9. The molecule has 8 nitrogen and oxygen atoms in total. The summed E-state index contributed by atoms with van der Waals surface area (Å²) < 4.78 is 17.8. The molecule has 2 N–H and O–H groups in total. The molecule has 1 atom stereocenters. The third kappa shape index (κ3) is 5.53. The normalized spacial score (nSPS) is 14.7. The van der Waals surface area contributed by atoms with E-state index in [1.807, 2.05) is 42.5 Å². The van der Waals surface area contributed by atoms with Crippen LogP contribution in [0, 0.1) is 0 Å². The van der Waals surface area contributed by atoms with Crippen molar-refractivity contribution in [2.75, 3.05) is 18.5 Å². The van der Waals surface area contributed by atoms with Gasteiger partial charge in [-0.1, -0.05) is 56.1 Å². The number of nitrogens with one attached hydrogen (secondary N) is 2. The van der Waals surface area contributed by atoms with Crippen molar-refractivity contribution >= 4 is 22.9 Å². The van der Waals surface area contributed by atoms with Gasteiger partial charge in [0, 0.05) is 5.56 Å². The van der Waals surface area contributed by atoms with Crippen LogP contribution in [0.3, 0.4) is 0 Å². The summed E-state index contributed by atoms with van der Waals surface area (Å²) in [6, 6.07) is 13.4. The average molecular weight is 454 g/mol. The van der Waals surface area contributed by atoms with E-state index in [4.69, 9.17) is 26.4 Å². The van der Waals surface area contributed by atoms with Gasteiger partial charge in [0.25, 0.3) is 0 Å².